The number of rotatable bonds is 5. The van der Waals surface area contributed by atoms with Crippen LogP contribution in [-0.2, 0) is 16.4 Å². The molecule has 2 N–H and O–H groups in total. The van der Waals surface area contributed by atoms with Crippen molar-refractivity contribution in [2.75, 3.05) is 13.2 Å². The number of hydrogen-bond acceptors (Lipinski definition) is 4. The molecule has 1 aliphatic rings. The van der Waals surface area contributed by atoms with Crippen molar-refractivity contribution in [1.82, 2.24) is 4.72 Å². The van der Waals surface area contributed by atoms with Crippen LogP contribution >= 0.6 is 0 Å². The molecule has 0 aliphatic carbocycles. The molecule has 24 heavy (non-hydrogen) atoms. The fourth-order valence-electron chi connectivity index (χ4n) is 2.68. The molecule has 1 aliphatic heterocycles. The highest BCUT2D eigenvalue weighted by molar-refractivity contribution is 7.89. The lowest BCUT2D eigenvalue weighted by molar-refractivity contribution is 0.182. The Kier molecular flexibility index (Phi) is 4.62. The zero-order valence-corrected chi connectivity index (χ0v) is 14.6. The van der Waals surface area contributed by atoms with Gasteiger partial charge in [0.1, 0.15) is 5.75 Å². The Labute approximate surface area is 142 Å². The second-order valence-electron chi connectivity index (χ2n) is 6.08. The fraction of sp³-hybridized carbons (Fsp3) is 0.333. The first kappa shape index (κ1) is 17.0. The third-order valence-corrected chi connectivity index (χ3v) is 5.77. The Hall–Kier alpha value is -1.89. The Morgan fingerprint density at radius 3 is 2.71 bits per heavy atom. The Balaban J connectivity index is 1.71. The van der Waals surface area contributed by atoms with Gasteiger partial charge in [-0.3, -0.25) is 0 Å². The standard InChI is InChI=1S/C18H21NO4S/c1-12-3-5-16(9-13(12)2)24(21,22)19-11-17(20)14-4-6-18-15(10-14)7-8-23-18/h3-6,9-10,17,19-20H,7-8,11H2,1-2H3. The van der Waals surface area contributed by atoms with E-state index in [1.807, 2.05) is 26.0 Å². The number of sulfonamides is 1. The van der Waals surface area contributed by atoms with Gasteiger partial charge in [0.05, 0.1) is 17.6 Å². The predicted octanol–water partition coefficient (Wildman–Crippen LogP) is 2.25. The lowest BCUT2D eigenvalue weighted by Crippen LogP contribution is -2.28. The molecular formula is C18H21NO4S. The van der Waals surface area contributed by atoms with E-state index in [4.69, 9.17) is 4.74 Å². The summed E-state index contributed by atoms with van der Waals surface area (Å²) in [5.41, 5.74) is 3.68. The summed E-state index contributed by atoms with van der Waals surface area (Å²) >= 11 is 0. The van der Waals surface area contributed by atoms with E-state index in [9.17, 15) is 13.5 Å². The van der Waals surface area contributed by atoms with Gasteiger partial charge in [-0.15, -0.1) is 0 Å². The van der Waals surface area contributed by atoms with Gasteiger partial charge in [0.25, 0.3) is 0 Å². The normalized spacial score (nSPS) is 15.0. The number of aryl methyl sites for hydroxylation is 2. The first-order chi connectivity index (χ1) is 11.4. The smallest absolute Gasteiger partial charge is 0.240 e. The fourth-order valence-corrected chi connectivity index (χ4v) is 3.81. The van der Waals surface area contributed by atoms with Gasteiger partial charge in [-0.25, -0.2) is 13.1 Å². The monoisotopic (exact) mass is 347 g/mol. The number of hydrogen-bond donors (Lipinski definition) is 2. The lowest BCUT2D eigenvalue weighted by atomic mass is 10.0. The maximum absolute atomic E-state index is 12.4. The minimum Gasteiger partial charge on any atom is -0.493 e. The molecule has 0 amide bonds. The van der Waals surface area contributed by atoms with Crippen molar-refractivity contribution >= 4 is 10.0 Å². The number of benzene rings is 2. The van der Waals surface area contributed by atoms with Gasteiger partial charge in [0, 0.05) is 13.0 Å². The average Bonchev–Trinajstić information content (AvgIpc) is 3.02. The highest BCUT2D eigenvalue weighted by Gasteiger charge is 2.19. The van der Waals surface area contributed by atoms with Gasteiger partial charge in [-0.1, -0.05) is 12.1 Å². The molecule has 0 bridgehead atoms. The third-order valence-electron chi connectivity index (χ3n) is 4.35. The number of aliphatic hydroxyl groups is 1. The zero-order chi connectivity index (χ0) is 17.3. The van der Waals surface area contributed by atoms with E-state index in [1.165, 1.54) is 0 Å². The number of fused-ring (bicyclic) bond motifs is 1. The van der Waals surface area contributed by atoms with E-state index in [1.54, 1.807) is 24.3 Å². The van der Waals surface area contributed by atoms with Crippen molar-refractivity contribution < 1.29 is 18.3 Å². The van der Waals surface area contributed by atoms with Gasteiger partial charge in [-0.2, -0.15) is 0 Å². The summed E-state index contributed by atoms with van der Waals surface area (Å²) in [5, 5.41) is 10.3. The van der Waals surface area contributed by atoms with E-state index in [-0.39, 0.29) is 11.4 Å². The van der Waals surface area contributed by atoms with Crippen LogP contribution in [0.1, 0.15) is 28.4 Å². The average molecular weight is 347 g/mol. The zero-order valence-electron chi connectivity index (χ0n) is 13.7. The Morgan fingerprint density at radius 1 is 1.17 bits per heavy atom. The van der Waals surface area contributed by atoms with Gasteiger partial charge in [0.15, 0.2) is 0 Å². The molecule has 3 rings (SSSR count). The van der Waals surface area contributed by atoms with Gasteiger partial charge in [0.2, 0.25) is 10.0 Å². The van der Waals surface area contributed by atoms with Crippen molar-refractivity contribution in [2.24, 2.45) is 0 Å². The van der Waals surface area contributed by atoms with E-state index < -0.39 is 16.1 Å². The van der Waals surface area contributed by atoms with E-state index >= 15 is 0 Å². The maximum atomic E-state index is 12.4. The van der Waals surface area contributed by atoms with Gasteiger partial charge in [-0.05, 0) is 60.4 Å². The predicted molar refractivity (Wildman–Crippen MR) is 91.7 cm³/mol. The summed E-state index contributed by atoms with van der Waals surface area (Å²) in [6, 6.07) is 10.4. The minimum absolute atomic E-state index is 0.0745. The second-order valence-corrected chi connectivity index (χ2v) is 7.85. The molecule has 1 atom stereocenters. The molecule has 0 saturated carbocycles. The lowest BCUT2D eigenvalue weighted by Gasteiger charge is -2.14. The third kappa shape index (κ3) is 3.45. The molecule has 0 saturated heterocycles. The summed E-state index contributed by atoms with van der Waals surface area (Å²) in [7, 11) is -3.65. The largest absolute Gasteiger partial charge is 0.493 e. The van der Waals surface area contributed by atoms with E-state index in [2.05, 4.69) is 4.72 Å². The second kappa shape index (κ2) is 6.55. The summed E-state index contributed by atoms with van der Waals surface area (Å²) in [5.74, 6) is 0.835. The first-order valence-corrected chi connectivity index (χ1v) is 9.36. The van der Waals surface area contributed by atoms with Crippen molar-refractivity contribution in [2.45, 2.75) is 31.3 Å². The van der Waals surface area contributed by atoms with Crippen LogP contribution in [0.4, 0.5) is 0 Å². The van der Waals surface area contributed by atoms with Crippen LogP contribution in [0.5, 0.6) is 5.75 Å². The van der Waals surface area contributed by atoms with E-state index in [0.717, 1.165) is 28.9 Å². The molecule has 0 aromatic heterocycles. The van der Waals surface area contributed by atoms with Crippen molar-refractivity contribution in [1.29, 1.82) is 0 Å². The summed E-state index contributed by atoms with van der Waals surface area (Å²) in [6.45, 7) is 4.37. The molecular weight excluding hydrogens is 326 g/mol. The SMILES string of the molecule is Cc1ccc(S(=O)(=O)NCC(O)c2ccc3c(c2)CCO3)cc1C. The van der Waals surface area contributed by atoms with Crippen LogP contribution in [0.15, 0.2) is 41.3 Å². The van der Waals surface area contributed by atoms with Crippen LogP contribution in [0.25, 0.3) is 0 Å². The molecule has 1 unspecified atom stereocenters. The van der Waals surface area contributed by atoms with Crippen LogP contribution in [-0.4, -0.2) is 26.7 Å². The summed E-state index contributed by atoms with van der Waals surface area (Å²) in [4.78, 5) is 0.208. The molecule has 0 fully saturated rings. The highest BCUT2D eigenvalue weighted by Crippen LogP contribution is 2.28. The Bertz CT molecular complexity index is 861. The van der Waals surface area contributed by atoms with E-state index in [0.29, 0.717) is 12.2 Å². The van der Waals surface area contributed by atoms with Crippen LogP contribution in [0.2, 0.25) is 0 Å². The highest BCUT2D eigenvalue weighted by atomic mass is 32.2. The van der Waals surface area contributed by atoms with Gasteiger partial charge >= 0.3 is 0 Å². The molecule has 2 aromatic rings. The molecule has 6 heteroatoms. The molecule has 1 heterocycles. The van der Waals surface area contributed by atoms with Crippen molar-refractivity contribution in [3.63, 3.8) is 0 Å². The molecule has 128 valence electrons. The quantitative estimate of drug-likeness (QED) is 0.870. The molecule has 2 aromatic carbocycles. The Morgan fingerprint density at radius 2 is 1.96 bits per heavy atom. The summed E-state index contributed by atoms with van der Waals surface area (Å²) in [6.07, 6.45) is -0.0956. The van der Waals surface area contributed by atoms with Crippen LogP contribution in [0.3, 0.4) is 0 Å². The maximum Gasteiger partial charge on any atom is 0.240 e. The van der Waals surface area contributed by atoms with Crippen molar-refractivity contribution in [3.05, 3.63) is 58.7 Å². The van der Waals surface area contributed by atoms with Gasteiger partial charge < -0.3 is 9.84 Å². The van der Waals surface area contributed by atoms with Crippen molar-refractivity contribution in [3.8, 4) is 5.75 Å². The van der Waals surface area contributed by atoms with Crippen LogP contribution in [0, 0.1) is 13.8 Å². The topological polar surface area (TPSA) is 75.6 Å². The molecule has 0 radical (unpaired) electrons. The molecule has 0 spiro atoms. The minimum atomic E-state index is -3.65. The summed E-state index contributed by atoms with van der Waals surface area (Å²) < 4.78 is 32.7. The number of nitrogens with one attached hydrogen (secondary N) is 1. The first-order valence-electron chi connectivity index (χ1n) is 7.87. The number of ether oxygens (including phenoxy) is 1. The number of aliphatic hydroxyl groups excluding tert-OH is 1. The molecule has 5 nitrogen and oxygen atoms in total. The van der Waals surface area contributed by atoms with Crippen LogP contribution < -0.4 is 9.46 Å².